The molecule has 3 saturated heterocycles. The van der Waals surface area contributed by atoms with Crippen molar-refractivity contribution in [3.8, 4) is 0 Å². The molecule has 0 saturated carbocycles. The van der Waals surface area contributed by atoms with Gasteiger partial charge >= 0.3 is 11.9 Å². The number of benzene rings is 3. The summed E-state index contributed by atoms with van der Waals surface area (Å²) >= 11 is 0. The van der Waals surface area contributed by atoms with Gasteiger partial charge in [0.2, 0.25) is 0 Å². The topological polar surface area (TPSA) is 255 Å². The Labute approximate surface area is 345 Å². The van der Waals surface area contributed by atoms with E-state index in [9.17, 15) is 19.7 Å². The lowest BCUT2D eigenvalue weighted by Crippen LogP contribution is -2.36. The summed E-state index contributed by atoms with van der Waals surface area (Å²) < 4.78 is 16.1. The number of hydrogen-bond acceptors (Lipinski definition) is 12. The molecular weight excluding hydrogens is 775 g/mol. The summed E-state index contributed by atoms with van der Waals surface area (Å²) in [6.07, 6.45) is 5.79. The van der Waals surface area contributed by atoms with E-state index in [1.807, 2.05) is 24.5 Å². The van der Waals surface area contributed by atoms with Gasteiger partial charge in [-0.3, -0.25) is 19.7 Å². The molecule has 9 N–H and O–H groups in total. The Hall–Kier alpha value is -6.18. The van der Waals surface area contributed by atoms with Crippen LogP contribution in [-0.4, -0.2) is 133 Å². The number of non-ortho nitro benzene ring substituents is 1. The number of aromatic amines is 3. The number of nitrogens with two attached hydrogens (primary N) is 2. The number of aromatic nitrogens is 3. The van der Waals surface area contributed by atoms with E-state index < -0.39 is 28.9 Å². The number of nitro groups is 1. The highest BCUT2D eigenvalue weighted by molar-refractivity contribution is 6.00. The van der Waals surface area contributed by atoms with Gasteiger partial charge in [-0.25, -0.2) is 0 Å². The number of ether oxygens (including phenoxy) is 3. The van der Waals surface area contributed by atoms with Crippen molar-refractivity contribution >= 4 is 67.4 Å². The maximum absolute atomic E-state index is 11.4. The number of carboxylic acids is 2. The largest absolute Gasteiger partial charge is 0.480 e. The minimum absolute atomic E-state index is 0.0166. The normalized spacial score (nSPS) is 16.8. The van der Waals surface area contributed by atoms with E-state index in [0.29, 0.717) is 49.2 Å². The molecule has 0 unspecified atom stereocenters. The van der Waals surface area contributed by atoms with Gasteiger partial charge in [-0.15, -0.1) is 0 Å². The van der Waals surface area contributed by atoms with Crippen molar-refractivity contribution in [3.63, 3.8) is 0 Å². The number of anilines is 3. The van der Waals surface area contributed by atoms with E-state index in [0.717, 1.165) is 80.4 Å². The van der Waals surface area contributed by atoms with Gasteiger partial charge in [-0.2, -0.15) is 0 Å². The third-order valence-electron chi connectivity index (χ3n) is 11.0. The molecule has 3 fully saturated rings. The minimum Gasteiger partial charge on any atom is -0.480 e. The monoisotopic (exact) mass is 825 g/mol. The molecule has 9 rings (SSSR count). The molecule has 6 heterocycles. The van der Waals surface area contributed by atoms with E-state index in [1.54, 1.807) is 12.3 Å². The van der Waals surface area contributed by atoms with Gasteiger partial charge in [0.25, 0.3) is 5.69 Å². The third-order valence-corrected chi connectivity index (χ3v) is 11.0. The van der Waals surface area contributed by atoms with Crippen LogP contribution < -0.4 is 26.2 Å². The highest BCUT2D eigenvalue weighted by Gasteiger charge is 2.25. The molecule has 0 radical (unpaired) electrons. The van der Waals surface area contributed by atoms with Crippen molar-refractivity contribution in [2.75, 3.05) is 93.6 Å². The summed E-state index contributed by atoms with van der Waals surface area (Å²) in [4.78, 5) is 49.2. The fraction of sp³-hybridized carbons (Fsp3) is 0.381. The van der Waals surface area contributed by atoms with Gasteiger partial charge in [0.05, 0.1) is 83.6 Å². The number of morpholine rings is 3. The number of para-hydroxylation sites is 2. The van der Waals surface area contributed by atoms with Crippen LogP contribution in [0.15, 0.2) is 73.2 Å². The predicted octanol–water partition coefficient (Wildman–Crippen LogP) is 3.83. The minimum atomic E-state index is -1.14. The smallest absolute Gasteiger partial charge is 0.320 e. The number of rotatable bonds is 10. The molecule has 3 aromatic heterocycles. The molecule has 0 aliphatic carbocycles. The molecule has 0 amide bonds. The maximum Gasteiger partial charge on any atom is 0.320 e. The Morgan fingerprint density at radius 1 is 0.650 bits per heavy atom. The molecule has 18 nitrogen and oxygen atoms in total. The van der Waals surface area contributed by atoms with E-state index in [4.69, 9.17) is 35.9 Å². The number of H-pyrrole nitrogens is 3. The van der Waals surface area contributed by atoms with Crippen LogP contribution in [0.5, 0.6) is 0 Å². The van der Waals surface area contributed by atoms with Crippen molar-refractivity contribution in [2.24, 2.45) is 11.5 Å². The standard InChI is InChI=1S/C15H18N4O5.C15H19N3O3.C12H14N2O/c16-10(15(20)21)7-9-8-17-14-12(18-3-5-24-6-4-18)2-1-11(13(9)14)19(22)23;16-12(15(19)20)8-10-9-17-14-11(10)2-1-3-13(14)18-4-6-21-7-5-18;1-2-10-4-5-13-12(10)11(3-1)14-6-8-15-9-7-14/h1-2,8,10,17H,3-7,16H2,(H,20,21);1-3,9,12,17H,4-8,16H2,(H,19,20);1-5,13H,6-9H2/t10-;12-;/m00./s1. The Morgan fingerprint density at radius 2 is 1.13 bits per heavy atom. The van der Waals surface area contributed by atoms with Gasteiger partial charge < -0.3 is 65.5 Å². The van der Waals surface area contributed by atoms with E-state index in [2.05, 4.69) is 60.0 Å². The zero-order valence-corrected chi connectivity index (χ0v) is 33.2. The summed E-state index contributed by atoms with van der Waals surface area (Å²) in [5.41, 5.74) is 18.8. The molecule has 2 atom stereocenters. The number of nitrogens with zero attached hydrogens (tertiary/aromatic N) is 4. The number of nitro benzene ring substituents is 1. The van der Waals surface area contributed by atoms with Crippen molar-refractivity contribution in [2.45, 2.75) is 24.9 Å². The van der Waals surface area contributed by atoms with E-state index in [1.165, 1.54) is 22.7 Å². The second kappa shape index (κ2) is 19.3. The summed E-state index contributed by atoms with van der Waals surface area (Å²) in [6.45, 7) is 9.38. The average molecular weight is 826 g/mol. The van der Waals surface area contributed by atoms with Crippen LogP contribution in [0, 0.1) is 10.1 Å². The second-order valence-corrected chi connectivity index (χ2v) is 14.8. The molecule has 318 valence electrons. The van der Waals surface area contributed by atoms with Crippen LogP contribution in [0.3, 0.4) is 0 Å². The SMILES string of the molecule is N[C@@H](Cc1c[nH]c2c(N3CCOCC3)ccc([N+](=O)[O-])c12)C(=O)O.N[C@@H](Cc1c[nH]c2c(N3CCOCC3)cccc12)C(=O)O.c1cc(N2CCOCC2)c2[nH]ccc2c1. The van der Waals surface area contributed by atoms with Crippen molar-refractivity contribution in [1.82, 2.24) is 15.0 Å². The van der Waals surface area contributed by atoms with Crippen LogP contribution in [0.4, 0.5) is 22.7 Å². The predicted molar refractivity (Wildman–Crippen MR) is 229 cm³/mol. The first-order valence-corrected chi connectivity index (χ1v) is 20.0. The zero-order chi connectivity index (χ0) is 42.2. The first-order valence-electron chi connectivity index (χ1n) is 20.0. The quantitative estimate of drug-likeness (QED) is 0.0766. The van der Waals surface area contributed by atoms with Crippen LogP contribution in [0.25, 0.3) is 32.7 Å². The first-order chi connectivity index (χ1) is 29.1. The molecule has 3 aliphatic heterocycles. The number of nitrogens with one attached hydrogen (secondary N) is 3. The summed E-state index contributed by atoms with van der Waals surface area (Å²) in [5, 5.41) is 32.1. The molecule has 0 bridgehead atoms. The Kier molecular flexibility index (Phi) is 13.5. The lowest BCUT2D eigenvalue weighted by Gasteiger charge is -2.29. The van der Waals surface area contributed by atoms with Crippen molar-refractivity contribution in [3.05, 3.63) is 94.4 Å². The highest BCUT2D eigenvalue weighted by Crippen LogP contribution is 2.36. The second-order valence-electron chi connectivity index (χ2n) is 14.8. The highest BCUT2D eigenvalue weighted by atomic mass is 16.6. The maximum atomic E-state index is 11.4. The molecular formula is C42H51N9O9. The van der Waals surface area contributed by atoms with E-state index in [-0.39, 0.29) is 12.1 Å². The molecule has 60 heavy (non-hydrogen) atoms. The van der Waals surface area contributed by atoms with Gasteiger partial charge in [0, 0.05) is 87.5 Å². The average Bonchev–Trinajstić information content (AvgIpc) is 4.04. The molecule has 3 aromatic carbocycles. The van der Waals surface area contributed by atoms with Gasteiger partial charge in [-0.05, 0) is 35.4 Å². The summed E-state index contributed by atoms with van der Waals surface area (Å²) in [7, 11) is 0. The number of hydrogen-bond donors (Lipinski definition) is 7. The summed E-state index contributed by atoms with van der Waals surface area (Å²) in [6, 6.07) is 15.8. The Balaban J connectivity index is 0.000000139. The van der Waals surface area contributed by atoms with E-state index >= 15 is 0 Å². The van der Waals surface area contributed by atoms with Crippen molar-refractivity contribution in [1.29, 1.82) is 0 Å². The van der Waals surface area contributed by atoms with Crippen LogP contribution >= 0.6 is 0 Å². The van der Waals surface area contributed by atoms with Gasteiger partial charge in [0.15, 0.2) is 0 Å². The lowest BCUT2D eigenvalue weighted by atomic mass is 10.0. The van der Waals surface area contributed by atoms with Gasteiger partial charge in [-0.1, -0.05) is 24.3 Å². The van der Waals surface area contributed by atoms with Crippen LogP contribution in [0.1, 0.15) is 11.1 Å². The first kappa shape index (κ1) is 42.0. The summed E-state index contributed by atoms with van der Waals surface area (Å²) in [5.74, 6) is -2.12. The van der Waals surface area contributed by atoms with Gasteiger partial charge in [0.1, 0.15) is 12.1 Å². The third kappa shape index (κ3) is 9.48. The number of carbonyl (C=O) groups is 2. The van der Waals surface area contributed by atoms with Crippen LogP contribution in [0.2, 0.25) is 0 Å². The number of carboxylic acid groups (broad SMARTS) is 2. The Bertz CT molecular complexity index is 2410. The zero-order valence-electron chi connectivity index (χ0n) is 33.2. The molecule has 18 heteroatoms. The fourth-order valence-corrected chi connectivity index (χ4v) is 7.88. The lowest BCUT2D eigenvalue weighted by molar-refractivity contribution is -0.383. The Morgan fingerprint density at radius 3 is 1.68 bits per heavy atom. The van der Waals surface area contributed by atoms with Crippen molar-refractivity contribution < 1.29 is 38.9 Å². The number of aliphatic carboxylic acids is 2. The molecule has 3 aliphatic rings. The molecule has 0 spiro atoms. The molecule has 6 aromatic rings. The van der Waals surface area contributed by atoms with Crippen LogP contribution in [-0.2, 0) is 36.6 Å². The fourth-order valence-electron chi connectivity index (χ4n) is 7.88. The number of fused-ring (bicyclic) bond motifs is 3.